The number of nitrogens with two attached hydrogens (primary N) is 1. The summed E-state index contributed by atoms with van der Waals surface area (Å²) in [7, 11) is 0. The molecule has 0 bridgehead atoms. The van der Waals surface area contributed by atoms with Crippen molar-refractivity contribution in [1.29, 1.82) is 0 Å². The molecule has 132 valence electrons. The minimum atomic E-state index is -0.637. The normalized spacial score (nSPS) is 23.6. The second-order valence-corrected chi connectivity index (χ2v) is 7.21. The maximum absolute atomic E-state index is 12.8. The van der Waals surface area contributed by atoms with E-state index in [1.165, 1.54) is 6.20 Å². The maximum atomic E-state index is 12.8. The summed E-state index contributed by atoms with van der Waals surface area (Å²) in [4.78, 5) is 31.2. The molecule has 2 aromatic heterocycles. The molecule has 8 heteroatoms. The molecule has 1 aliphatic heterocycles. The molecule has 25 heavy (non-hydrogen) atoms. The molecule has 3 heterocycles. The summed E-state index contributed by atoms with van der Waals surface area (Å²) >= 11 is 0. The molecule has 1 saturated heterocycles. The number of piperidine rings is 1. The number of aromatic amines is 1. The lowest BCUT2D eigenvalue weighted by Crippen LogP contribution is -2.51. The summed E-state index contributed by atoms with van der Waals surface area (Å²) in [6, 6.07) is 0.200. The second-order valence-electron chi connectivity index (χ2n) is 7.21. The van der Waals surface area contributed by atoms with E-state index in [1.807, 2.05) is 0 Å². The highest BCUT2D eigenvalue weighted by Crippen LogP contribution is 2.40. The van der Waals surface area contributed by atoms with E-state index >= 15 is 0 Å². The average molecular weight is 342 g/mol. The van der Waals surface area contributed by atoms with Crippen LogP contribution in [0.5, 0.6) is 0 Å². The zero-order valence-electron chi connectivity index (χ0n) is 14.2. The molecule has 8 nitrogen and oxygen atoms in total. The van der Waals surface area contributed by atoms with E-state index in [9.17, 15) is 9.59 Å². The molecule has 4 N–H and O–H groups in total. The zero-order chi connectivity index (χ0) is 17.6. The van der Waals surface area contributed by atoms with E-state index in [4.69, 9.17) is 5.73 Å². The Morgan fingerprint density at radius 3 is 2.84 bits per heavy atom. The third-order valence-electron chi connectivity index (χ3n) is 5.25. The van der Waals surface area contributed by atoms with Crippen molar-refractivity contribution in [2.75, 3.05) is 17.6 Å². The Hall–Kier alpha value is -2.64. The molecular weight excluding hydrogens is 320 g/mol. The number of nitrogens with one attached hydrogen (secondary N) is 2. The zero-order valence-corrected chi connectivity index (χ0v) is 14.2. The van der Waals surface area contributed by atoms with Crippen molar-refractivity contribution in [3.63, 3.8) is 0 Å². The van der Waals surface area contributed by atoms with E-state index in [-0.39, 0.29) is 6.04 Å². The fraction of sp³-hybridized carbons (Fsp3) is 0.529. The molecule has 0 radical (unpaired) electrons. The van der Waals surface area contributed by atoms with Crippen LogP contribution in [0.25, 0.3) is 10.9 Å². The quantitative estimate of drug-likeness (QED) is 0.715. The number of hydrogen-bond donors (Lipinski definition) is 3. The van der Waals surface area contributed by atoms with Gasteiger partial charge >= 0.3 is 11.8 Å². The summed E-state index contributed by atoms with van der Waals surface area (Å²) in [5.41, 5.74) is 6.77. The van der Waals surface area contributed by atoms with Gasteiger partial charge in [-0.1, -0.05) is 6.92 Å². The van der Waals surface area contributed by atoms with Crippen LogP contribution in [0.1, 0.15) is 32.6 Å². The van der Waals surface area contributed by atoms with Crippen molar-refractivity contribution in [2.45, 2.75) is 38.6 Å². The number of nitrogens with zero attached hydrogens (tertiary/aromatic N) is 3. The van der Waals surface area contributed by atoms with E-state index in [0.29, 0.717) is 40.8 Å². The monoisotopic (exact) mass is 342 g/mol. The summed E-state index contributed by atoms with van der Waals surface area (Å²) in [5.74, 6) is 0.202. The van der Waals surface area contributed by atoms with Gasteiger partial charge in [-0.05, 0) is 37.5 Å². The first-order valence-corrected chi connectivity index (χ1v) is 8.74. The van der Waals surface area contributed by atoms with Crippen LogP contribution in [0.15, 0.2) is 12.4 Å². The van der Waals surface area contributed by atoms with Crippen molar-refractivity contribution < 1.29 is 9.59 Å². The van der Waals surface area contributed by atoms with Crippen LogP contribution in [0.4, 0.5) is 11.5 Å². The molecular formula is C17H22N6O2. The van der Waals surface area contributed by atoms with Crippen LogP contribution in [0, 0.1) is 11.8 Å². The number of aromatic nitrogens is 3. The fourth-order valence-corrected chi connectivity index (χ4v) is 3.73. The molecule has 1 aliphatic carbocycles. The Balaban J connectivity index is 1.54. The number of anilines is 2. The molecule has 0 aromatic carbocycles. The molecule has 2 aromatic rings. The largest absolute Gasteiger partial charge is 0.383 e. The molecule has 0 spiro atoms. The van der Waals surface area contributed by atoms with Gasteiger partial charge in [0.25, 0.3) is 0 Å². The van der Waals surface area contributed by atoms with Crippen LogP contribution in [-0.4, -0.2) is 44.5 Å². The summed E-state index contributed by atoms with van der Waals surface area (Å²) < 4.78 is 0. The molecule has 2 fully saturated rings. The summed E-state index contributed by atoms with van der Waals surface area (Å²) in [5, 5.41) is 10.0. The molecule has 0 unspecified atom stereocenters. The van der Waals surface area contributed by atoms with Gasteiger partial charge < -0.3 is 16.0 Å². The van der Waals surface area contributed by atoms with Crippen molar-refractivity contribution in [2.24, 2.45) is 11.8 Å². The van der Waals surface area contributed by atoms with Crippen molar-refractivity contribution >= 4 is 34.2 Å². The Kier molecular flexibility index (Phi) is 3.82. The first-order chi connectivity index (χ1) is 12.0. The number of carbonyl (C=O) groups excluding carboxylic acids is 2. The third-order valence-corrected chi connectivity index (χ3v) is 5.25. The Morgan fingerprint density at radius 2 is 2.08 bits per heavy atom. The fourth-order valence-electron chi connectivity index (χ4n) is 3.73. The molecule has 2 atom stereocenters. The van der Waals surface area contributed by atoms with Gasteiger partial charge in [-0.2, -0.15) is 5.10 Å². The number of nitrogen functional groups attached to an aromatic ring is 1. The standard InChI is InChI=1S/C17H22N6O2/c1-9-2-5-13(10-3-4-10)23(8-9)17(25)16(24)21-12-7-19-15(18)11-6-20-22-14(11)12/h6-7,9-10,13H,2-5,8H2,1H3,(H2,18,19)(H,20,22)(H,21,24)/t9-,13+/m0/s1. The summed E-state index contributed by atoms with van der Waals surface area (Å²) in [6.07, 6.45) is 7.40. The minimum Gasteiger partial charge on any atom is -0.383 e. The maximum Gasteiger partial charge on any atom is 0.314 e. The number of H-pyrrole nitrogens is 1. The van der Waals surface area contributed by atoms with E-state index in [0.717, 1.165) is 25.7 Å². The number of hydrogen-bond acceptors (Lipinski definition) is 5. The van der Waals surface area contributed by atoms with E-state index < -0.39 is 11.8 Å². The second kappa shape index (κ2) is 6.02. The van der Waals surface area contributed by atoms with Crippen LogP contribution in [0.2, 0.25) is 0 Å². The lowest BCUT2D eigenvalue weighted by molar-refractivity contribution is -0.146. The number of pyridine rings is 1. The van der Waals surface area contributed by atoms with E-state index in [1.54, 1.807) is 11.1 Å². The number of rotatable bonds is 2. The van der Waals surface area contributed by atoms with Gasteiger partial charge in [-0.15, -0.1) is 0 Å². The highest BCUT2D eigenvalue weighted by molar-refractivity contribution is 6.40. The SMILES string of the molecule is C[C@H]1CC[C@H](C2CC2)N(C(=O)C(=O)Nc2cnc(N)c3cn[nH]c23)C1. The smallest absolute Gasteiger partial charge is 0.314 e. The van der Waals surface area contributed by atoms with Crippen LogP contribution >= 0.6 is 0 Å². The van der Waals surface area contributed by atoms with Gasteiger partial charge in [0.2, 0.25) is 0 Å². The highest BCUT2D eigenvalue weighted by Gasteiger charge is 2.41. The number of carbonyl (C=O) groups is 2. The van der Waals surface area contributed by atoms with Crippen LogP contribution < -0.4 is 11.1 Å². The summed E-state index contributed by atoms with van der Waals surface area (Å²) in [6.45, 7) is 2.77. The third kappa shape index (κ3) is 2.92. The Bertz CT molecular complexity index is 828. The lowest BCUT2D eigenvalue weighted by Gasteiger charge is -2.38. The average Bonchev–Trinajstić information content (AvgIpc) is 3.32. The predicted octanol–water partition coefficient (Wildman–Crippen LogP) is 1.52. The van der Waals surface area contributed by atoms with Gasteiger partial charge in [-0.25, -0.2) is 4.98 Å². The van der Waals surface area contributed by atoms with Crippen molar-refractivity contribution in [1.82, 2.24) is 20.1 Å². The van der Waals surface area contributed by atoms with Crippen LogP contribution in [0.3, 0.4) is 0 Å². The van der Waals surface area contributed by atoms with Gasteiger partial charge in [0.15, 0.2) is 0 Å². The van der Waals surface area contributed by atoms with Gasteiger partial charge in [0, 0.05) is 12.6 Å². The minimum absolute atomic E-state index is 0.200. The van der Waals surface area contributed by atoms with Gasteiger partial charge in [-0.3, -0.25) is 14.7 Å². The predicted molar refractivity (Wildman–Crippen MR) is 93.6 cm³/mol. The molecule has 4 rings (SSSR count). The Morgan fingerprint density at radius 1 is 1.28 bits per heavy atom. The number of amides is 2. The Labute approximate surface area is 145 Å². The molecule has 2 amide bonds. The molecule has 2 aliphatic rings. The van der Waals surface area contributed by atoms with Crippen molar-refractivity contribution in [3.8, 4) is 0 Å². The number of fused-ring (bicyclic) bond motifs is 1. The first kappa shape index (κ1) is 15.9. The topological polar surface area (TPSA) is 117 Å². The number of likely N-dealkylation sites (tertiary alicyclic amines) is 1. The van der Waals surface area contributed by atoms with Crippen LogP contribution in [-0.2, 0) is 9.59 Å². The van der Waals surface area contributed by atoms with Crippen molar-refractivity contribution in [3.05, 3.63) is 12.4 Å². The molecule has 1 saturated carbocycles. The van der Waals surface area contributed by atoms with Gasteiger partial charge in [0.1, 0.15) is 5.82 Å². The first-order valence-electron chi connectivity index (χ1n) is 8.74. The lowest BCUT2D eigenvalue weighted by atomic mass is 9.91. The van der Waals surface area contributed by atoms with Gasteiger partial charge in [0.05, 0.1) is 29.0 Å². The highest BCUT2D eigenvalue weighted by atomic mass is 16.2. The van der Waals surface area contributed by atoms with E-state index in [2.05, 4.69) is 27.4 Å².